The number of carboxylic acids is 1. The van der Waals surface area contributed by atoms with Gasteiger partial charge in [-0.1, -0.05) is 37.6 Å². The van der Waals surface area contributed by atoms with E-state index in [1.165, 1.54) is 5.56 Å². The van der Waals surface area contributed by atoms with E-state index in [0.29, 0.717) is 30.2 Å². The minimum Gasteiger partial charge on any atom is -0.493 e. The summed E-state index contributed by atoms with van der Waals surface area (Å²) in [5, 5.41) is 26.7. The molecule has 0 saturated heterocycles. The highest BCUT2D eigenvalue weighted by Crippen LogP contribution is 2.38. The van der Waals surface area contributed by atoms with Gasteiger partial charge in [0.1, 0.15) is 11.4 Å². The molecule has 0 spiro atoms. The smallest absolute Gasteiger partial charge is 0.352 e. The summed E-state index contributed by atoms with van der Waals surface area (Å²) >= 11 is 10.4. The van der Waals surface area contributed by atoms with Crippen LogP contribution in [0.2, 0.25) is 5.02 Å². The summed E-state index contributed by atoms with van der Waals surface area (Å²) in [6, 6.07) is 10.4. The highest BCUT2D eigenvalue weighted by Gasteiger charge is 2.24. The summed E-state index contributed by atoms with van der Waals surface area (Å²) in [5.41, 5.74) is 7.95. The van der Waals surface area contributed by atoms with Crippen LogP contribution in [0, 0.1) is 0 Å². The number of rotatable bonds is 1. The van der Waals surface area contributed by atoms with Crippen LogP contribution in [-0.2, 0) is 38.4 Å². The minimum absolute atomic E-state index is 0.265. The Balaban J connectivity index is 0.00000212. The lowest BCUT2D eigenvalue weighted by molar-refractivity contribution is 0.0685. The fourth-order valence-corrected chi connectivity index (χ4v) is 8.37. The Kier molecular flexibility index (Phi) is 11.7. The first kappa shape index (κ1) is 35.8. The van der Waals surface area contributed by atoms with Crippen molar-refractivity contribution in [2.45, 2.75) is 55.9 Å². The van der Waals surface area contributed by atoms with Gasteiger partial charge in [-0.15, -0.1) is 23.5 Å². The number of fused-ring (bicyclic) bond motifs is 7. The summed E-state index contributed by atoms with van der Waals surface area (Å²) < 4.78 is 10.2. The van der Waals surface area contributed by atoms with Gasteiger partial charge in [-0.3, -0.25) is 4.68 Å². The van der Waals surface area contributed by atoms with Gasteiger partial charge in [-0.05, 0) is 73.7 Å². The van der Waals surface area contributed by atoms with E-state index in [-0.39, 0.29) is 5.69 Å². The molecule has 262 valence electrons. The molecular formula is C38H43ClN6O3S2. The lowest BCUT2D eigenvalue weighted by Crippen LogP contribution is -2.14. The summed E-state index contributed by atoms with van der Waals surface area (Å²) in [6.07, 6.45) is 14.8. The number of carbonyl (C=O) groups is 1. The predicted octanol–water partition coefficient (Wildman–Crippen LogP) is 8.91. The van der Waals surface area contributed by atoms with Gasteiger partial charge in [0, 0.05) is 83.1 Å². The molecule has 0 unspecified atom stereocenters. The van der Waals surface area contributed by atoms with Crippen molar-refractivity contribution in [2.24, 2.45) is 19.2 Å². The standard InChI is InChI=1S/C36H37ClN6O3S2.C2H6/c1-41-34-28-10-11-31(37)30(34)18-24-7-3-4-14-43(24)39-13-16-47-21-23-17-25(42(2)40-23)22-48-26-19-32-29(8-5-12-38-32)33(20-26)46-15-6-9-27(28)35(41)36(44)45;1-2/h3-4,7,10-11,13-14,17-20,38H,5-6,8-9,12,15-16,21-22H2,1-2H3,(H,44,45);1-2H3/b24-18+,39-13+;. The molecule has 0 atom stereocenters. The number of hydrogen-bond acceptors (Lipinski definition) is 8. The molecule has 3 aliphatic rings. The number of aromatic carboxylic acids is 1. The maximum Gasteiger partial charge on any atom is 0.352 e. The molecule has 5 heterocycles. The fraction of sp³-hybridized carbons (Fsp3) is 0.342. The zero-order valence-corrected chi connectivity index (χ0v) is 31.3. The van der Waals surface area contributed by atoms with E-state index < -0.39 is 5.97 Å². The monoisotopic (exact) mass is 730 g/mol. The largest absolute Gasteiger partial charge is 0.493 e. The molecule has 3 aliphatic heterocycles. The van der Waals surface area contributed by atoms with Crippen LogP contribution >= 0.6 is 35.1 Å². The maximum absolute atomic E-state index is 12.7. The second-order valence-corrected chi connectivity index (χ2v) is 14.4. The number of aryl methyl sites for hydroxylation is 3. The number of anilines is 1. The van der Waals surface area contributed by atoms with Crippen molar-refractivity contribution in [3.8, 4) is 5.75 Å². The molecule has 2 aromatic carbocycles. The molecule has 2 N–H and O–H groups in total. The molecule has 0 radical (unpaired) electrons. The number of hydrogen-bond donors (Lipinski definition) is 2. The van der Waals surface area contributed by atoms with E-state index in [4.69, 9.17) is 26.5 Å². The van der Waals surface area contributed by atoms with E-state index in [0.717, 1.165) is 86.3 Å². The topological polar surface area (TPSA) is 96.9 Å². The molecule has 9 nitrogen and oxygen atoms in total. The number of nitrogens with one attached hydrogen (secondary N) is 1. The quantitative estimate of drug-likeness (QED) is 0.201. The molecule has 4 aromatic rings. The van der Waals surface area contributed by atoms with Crippen molar-refractivity contribution < 1.29 is 14.6 Å². The minimum atomic E-state index is -0.966. The highest BCUT2D eigenvalue weighted by atomic mass is 35.5. The first-order chi connectivity index (χ1) is 24.4. The number of thioether (sulfide) groups is 2. The number of benzene rings is 2. The third kappa shape index (κ3) is 7.65. The first-order valence-corrected chi connectivity index (χ1v) is 19.6. The lowest BCUT2D eigenvalue weighted by atomic mass is 10.0. The van der Waals surface area contributed by atoms with Crippen molar-refractivity contribution in [1.82, 2.24) is 19.4 Å². The number of allylic oxidation sites excluding steroid dienone is 3. The van der Waals surface area contributed by atoms with Crippen molar-refractivity contribution in [3.63, 3.8) is 0 Å². The van der Waals surface area contributed by atoms with Gasteiger partial charge in [0.2, 0.25) is 0 Å². The SMILES string of the molecule is CC.Cn1nc2cc1CSc1cc3c(c(c1)OCCCc1c(C(=O)O)n(C)c4c(c(Cl)ccc14)/C=C1\C=CC=CN1/N=C/CSC2)CCCN3. The van der Waals surface area contributed by atoms with Crippen molar-refractivity contribution in [3.05, 3.63) is 99.3 Å². The van der Waals surface area contributed by atoms with Crippen LogP contribution in [-0.4, -0.2) is 55.6 Å². The molecule has 0 amide bonds. The predicted molar refractivity (Wildman–Crippen MR) is 209 cm³/mol. The van der Waals surface area contributed by atoms with Gasteiger partial charge in [0.25, 0.3) is 0 Å². The zero-order chi connectivity index (χ0) is 35.2. The molecule has 50 heavy (non-hydrogen) atoms. The molecule has 0 fully saturated rings. The molecule has 0 aliphatic carbocycles. The van der Waals surface area contributed by atoms with E-state index in [1.54, 1.807) is 35.1 Å². The van der Waals surface area contributed by atoms with Crippen LogP contribution in [0.15, 0.2) is 70.5 Å². The Hall–Kier alpha value is -4.06. The average molecular weight is 731 g/mol. The molecule has 8 bridgehead atoms. The zero-order valence-electron chi connectivity index (χ0n) is 28.9. The van der Waals surface area contributed by atoms with Crippen LogP contribution in [0.1, 0.15) is 65.3 Å². The molecule has 0 saturated carbocycles. The Morgan fingerprint density at radius 1 is 1.06 bits per heavy atom. The molecule has 2 aromatic heterocycles. The summed E-state index contributed by atoms with van der Waals surface area (Å²) in [4.78, 5) is 13.8. The number of aromatic nitrogens is 3. The Bertz CT molecular complexity index is 2010. The van der Waals surface area contributed by atoms with Crippen LogP contribution in [0.25, 0.3) is 17.0 Å². The van der Waals surface area contributed by atoms with Crippen LogP contribution in [0.5, 0.6) is 5.75 Å². The Morgan fingerprint density at radius 3 is 2.74 bits per heavy atom. The summed E-state index contributed by atoms with van der Waals surface area (Å²) in [7, 11) is 3.80. The average Bonchev–Trinajstić information content (AvgIpc) is 3.62. The first-order valence-electron chi connectivity index (χ1n) is 17.0. The normalized spacial score (nSPS) is 18.0. The van der Waals surface area contributed by atoms with Crippen LogP contribution < -0.4 is 10.1 Å². The fourth-order valence-electron chi connectivity index (χ4n) is 6.55. The van der Waals surface area contributed by atoms with E-state index in [2.05, 4.69) is 23.5 Å². The van der Waals surface area contributed by atoms with Gasteiger partial charge in [0.05, 0.1) is 28.5 Å². The Morgan fingerprint density at radius 2 is 1.90 bits per heavy atom. The number of halogens is 1. The molecule has 12 heteroatoms. The highest BCUT2D eigenvalue weighted by molar-refractivity contribution is 7.99. The number of hydrazone groups is 1. The van der Waals surface area contributed by atoms with Crippen molar-refractivity contribution >= 4 is 70.0 Å². The van der Waals surface area contributed by atoms with Crippen molar-refractivity contribution in [2.75, 3.05) is 24.2 Å². The van der Waals surface area contributed by atoms with Gasteiger partial charge in [-0.2, -0.15) is 10.2 Å². The Labute approximate surface area is 307 Å². The number of carboxylic acid groups (broad SMARTS) is 1. The van der Waals surface area contributed by atoms with Gasteiger partial charge < -0.3 is 19.7 Å². The molecule has 7 rings (SSSR count). The lowest BCUT2D eigenvalue weighted by Gasteiger charge is -2.22. The summed E-state index contributed by atoms with van der Waals surface area (Å²) in [5.74, 6) is 2.22. The maximum atomic E-state index is 12.7. The molecular weight excluding hydrogens is 688 g/mol. The van der Waals surface area contributed by atoms with Gasteiger partial charge in [-0.25, -0.2) is 9.80 Å². The van der Waals surface area contributed by atoms with Crippen LogP contribution in [0.4, 0.5) is 5.69 Å². The van der Waals surface area contributed by atoms with Gasteiger partial charge in [0.15, 0.2) is 0 Å². The second-order valence-electron chi connectivity index (χ2n) is 11.9. The third-order valence-corrected chi connectivity index (χ3v) is 11.0. The number of nitrogens with zero attached hydrogens (tertiary/aromatic N) is 5. The third-order valence-electron chi connectivity index (χ3n) is 8.80. The van der Waals surface area contributed by atoms with Crippen molar-refractivity contribution in [1.29, 1.82) is 0 Å². The number of ether oxygens (including phenoxy) is 1. The second kappa shape index (κ2) is 16.3. The van der Waals surface area contributed by atoms with Crippen LogP contribution in [0.3, 0.4) is 0 Å². The summed E-state index contributed by atoms with van der Waals surface area (Å²) in [6.45, 7) is 5.41. The van der Waals surface area contributed by atoms with E-state index >= 15 is 0 Å². The van der Waals surface area contributed by atoms with E-state index in [9.17, 15) is 9.90 Å². The van der Waals surface area contributed by atoms with E-state index in [1.807, 2.05) is 79.4 Å². The van der Waals surface area contributed by atoms with Gasteiger partial charge >= 0.3 is 5.97 Å².